The molecule has 7 heteroatoms. The summed E-state index contributed by atoms with van der Waals surface area (Å²) in [4.78, 5) is 30.1. The highest BCUT2D eigenvalue weighted by Gasteiger charge is 2.38. The lowest BCUT2D eigenvalue weighted by Crippen LogP contribution is -2.63. The molecule has 2 unspecified atom stereocenters. The highest BCUT2D eigenvalue weighted by atomic mass is 16.5. The fourth-order valence-electron chi connectivity index (χ4n) is 2.44. The topological polar surface area (TPSA) is 88.3 Å². The lowest BCUT2D eigenvalue weighted by atomic mass is 10.0. The molecule has 2 amide bonds. The summed E-state index contributed by atoms with van der Waals surface area (Å²) < 4.78 is 4.90. The molecule has 1 saturated heterocycles. The standard InChI is InChI=1S/C13H20N4O3/c1-4-9-13(19)17(10(5-2)12(18)15-9)7-6-11-14-8(3)20-16-11/h9-10H,4-7H2,1-3H3,(H,15,18). The summed E-state index contributed by atoms with van der Waals surface area (Å²) in [6, 6.07) is -0.824. The average Bonchev–Trinajstić information content (AvgIpc) is 2.84. The highest BCUT2D eigenvalue weighted by Crippen LogP contribution is 2.15. The normalized spacial score (nSPS) is 23.1. The number of piperazine rings is 1. The molecule has 2 rings (SSSR count). The van der Waals surface area contributed by atoms with E-state index in [-0.39, 0.29) is 11.8 Å². The Morgan fingerprint density at radius 3 is 2.60 bits per heavy atom. The van der Waals surface area contributed by atoms with Gasteiger partial charge < -0.3 is 14.7 Å². The zero-order valence-corrected chi connectivity index (χ0v) is 12.0. The Morgan fingerprint density at radius 1 is 1.30 bits per heavy atom. The minimum Gasteiger partial charge on any atom is -0.343 e. The number of aryl methyl sites for hydroxylation is 1. The number of carbonyl (C=O) groups excluding carboxylic acids is 2. The largest absolute Gasteiger partial charge is 0.343 e. The molecule has 1 fully saturated rings. The molecule has 1 N–H and O–H groups in total. The molecule has 0 spiro atoms. The number of rotatable bonds is 5. The molecule has 0 saturated carbocycles. The number of amides is 2. The maximum atomic E-state index is 12.3. The first-order valence-corrected chi connectivity index (χ1v) is 6.96. The van der Waals surface area contributed by atoms with Crippen LogP contribution in [0.25, 0.3) is 0 Å². The van der Waals surface area contributed by atoms with Crippen molar-refractivity contribution in [3.63, 3.8) is 0 Å². The van der Waals surface area contributed by atoms with E-state index in [1.807, 2.05) is 13.8 Å². The Morgan fingerprint density at radius 2 is 2.05 bits per heavy atom. The van der Waals surface area contributed by atoms with Crippen molar-refractivity contribution >= 4 is 11.8 Å². The van der Waals surface area contributed by atoms with E-state index < -0.39 is 12.1 Å². The van der Waals surface area contributed by atoms with Gasteiger partial charge in [-0.25, -0.2) is 0 Å². The van der Waals surface area contributed by atoms with Crippen LogP contribution in [-0.4, -0.2) is 45.5 Å². The van der Waals surface area contributed by atoms with Gasteiger partial charge in [-0.1, -0.05) is 19.0 Å². The number of hydrogen-bond acceptors (Lipinski definition) is 5. The molecular weight excluding hydrogens is 260 g/mol. The fourth-order valence-corrected chi connectivity index (χ4v) is 2.44. The lowest BCUT2D eigenvalue weighted by molar-refractivity contribution is -0.149. The first-order chi connectivity index (χ1) is 9.56. The molecule has 110 valence electrons. The van der Waals surface area contributed by atoms with Crippen molar-refractivity contribution in [3.8, 4) is 0 Å². The second-order valence-electron chi connectivity index (χ2n) is 4.90. The number of nitrogens with one attached hydrogen (secondary N) is 1. The van der Waals surface area contributed by atoms with Crippen molar-refractivity contribution in [2.75, 3.05) is 6.54 Å². The maximum Gasteiger partial charge on any atom is 0.245 e. The van der Waals surface area contributed by atoms with Gasteiger partial charge in [0, 0.05) is 19.9 Å². The Labute approximate surface area is 117 Å². The van der Waals surface area contributed by atoms with Crippen LogP contribution in [0.15, 0.2) is 4.52 Å². The summed E-state index contributed by atoms with van der Waals surface area (Å²) in [6.07, 6.45) is 1.68. The monoisotopic (exact) mass is 280 g/mol. The molecule has 0 bridgehead atoms. The van der Waals surface area contributed by atoms with Crippen LogP contribution in [-0.2, 0) is 16.0 Å². The van der Waals surface area contributed by atoms with Crippen molar-refractivity contribution in [2.45, 2.75) is 52.1 Å². The minimum atomic E-state index is -0.419. The quantitative estimate of drug-likeness (QED) is 0.845. The average molecular weight is 280 g/mol. The molecule has 1 aromatic heterocycles. The van der Waals surface area contributed by atoms with E-state index in [2.05, 4.69) is 15.5 Å². The predicted octanol–water partition coefficient (Wildman–Crippen LogP) is 0.436. The molecule has 1 aliphatic heterocycles. The second kappa shape index (κ2) is 6.02. The van der Waals surface area contributed by atoms with E-state index in [0.717, 1.165) is 0 Å². The van der Waals surface area contributed by atoms with Crippen LogP contribution in [0, 0.1) is 6.92 Å². The Kier molecular flexibility index (Phi) is 4.36. The van der Waals surface area contributed by atoms with E-state index in [1.165, 1.54) is 0 Å². The minimum absolute atomic E-state index is 0.0285. The van der Waals surface area contributed by atoms with Gasteiger partial charge in [0.1, 0.15) is 12.1 Å². The van der Waals surface area contributed by atoms with Gasteiger partial charge in [0.2, 0.25) is 17.7 Å². The van der Waals surface area contributed by atoms with Crippen LogP contribution in [0.5, 0.6) is 0 Å². The highest BCUT2D eigenvalue weighted by molar-refractivity contribution is 5.96. The van der Waals surface area contributed by atoms with Gasteiger partial charge in [-0.3, -0.25) is 9.59 Å². The Bertz CT molecular complexity index is 500. The van der Waals surface area contributed by atoms with Crippen molar-refractivity contribution in [2.24, 2.45) is 0 Å². The van der Waals surface area contributed by atoms with Crippen molar-refractivity contribution < 1.29 is 14.1 Å². The van der Waals surface area contributed by atoms with Crippen molar-refractivity contribution in [3.05, 3.63) is 11.7 Å². The van der Waals surface area contributed by atoms with Crippen LogP contribution >= 0.6 is 0 Å². The Balaban J connectivity index is 2.08. The molecule has 0 aliphatic carbocycles. The van der Waals surface area contributed by atoms with Gasteiger partial charge in [0.15, 0.2) is 5.82 Å². The zero-order chi connectivity index (χ0) is 14.7. The van der Waals surface area contributed by atoms with E-state index in [4.69, 9.17) is 4.52 Å². The number of carbonyl (C=O) groups is 2. The maximum absolute atomic E-state index is 12.3. The van der Waals surface area contributed by atoms with Crippen LogP contribution in [0.3, 0.4) is 0 Å². The first-order valence-electron chi connectivity index (χ1n) is 6.96. The molecule has 1 aromatic rings. The van der Waals surface area contributed by atoms with E-state index >= 15 is 0 Å². The third-order valence-electron chi connectivity index (χ3n) is 3.52. The van der Waals surface area contributed by atoms with Crippen LogP contribution in [0.1, 0.15) is 38.4 Å². The number of hydrogen-bond donors (Lipinski definition) is 1. The summed E-state index contributed by atoms with van der Waals surface area (Å²) >= 11 is 0. The first kappa shape index (κ1) is 14.5. The number of aromatic nitrogens is 2. The molecule has 2 heterocycles. The lowest BCUT2D eigenvalue weighted by Gasteiger charge is -2.38. The summed E-state index contributed by atoms with van der Waals surface area (Å²) in [5.41, 5.74) is 0. The fraction of sp³-hybridized carbons (Fsp3) is 0.692. The van der Waals surface area contributed by atoms with Gasteiger partial charge >= 0.3 is 0 Å². The van der Waals surface area contributed by atoms with Gasteiger partial charge in [-0.05, 0) is 12.8 Å². The third kappa shape index (κ3) is 2.81. The number of nitrogens with zero attached hydrogens (tertiary/aromatic N) is 3. The zero-order valence-electron chi connectivity index (χ0n) is 12.0. The van der Waals surface area contributed by atoms with Gasteiger partial charge in [0.05, 0.1) is 0 Å². The second-order valence-corrected chi connectivity index (χ2v) is 4.90. The van der Waals surface area contributed by atoms with Crippen molar-refractivity contribution in [1.82, 2.24) is 20.4 Å². The third-order valence-corrected chi connectivity index (χ3v) is 3.52. The summed E-state index contributed by atoms with van der Waals surface area (Å²) in [7, 11) is 0. The molecule has 7 nitrogen and oxygen atoms in total. The van der Waals surface area contributed by atoms with Gasteiger partial charge in [-0.2, -0.15) is 4.98 Å². The molecule has 0 radical (unpaired) electrons. The van der Waals surface area contributed by atoms with Crippen LogP contribution < -0.4 is 5.32 Å². The molecule has 0 aromatic carbocycles. The summed E-state index contributed by atoms with van der Waals surface area (Å²) in [6.45, 7) is 5.93. The SMILES string of the molecule is CCC1NC(=O)C(CC)N(CCc2noc(C)n2)C1=O. The molecule has 2 atom stereocenters. The summed E-state index contributed by atoms with van der Waals surface area (Å²) in [5, 5.41) is 6.58. The van der Waals surface area contributed by atoms with Crippen LogP contribution in [0.2, 0.25) is 0 Å². The smallest absolute Gasteiger partial charge is 0.245 e. The van der Waals surface area contributed by atoms with E-state index in [9.17, 15) is 9.59 Å². The van der Waals surface area contributed by atoms with Crippen LogP contribution in [0.4, 0.5) is 0 Å². The van der Waals surface area contributed by atoms with Crippen molar-refractivity contribution in [1.29, 1.82) is 0 Å². The van der Waals surface area contributed by atoms with E-state index in [0.29, 0.717) is 37.5 Å². The van der Waals surface area contributed by atoms with E-state index in [1.54, 1.807) is 11.8 Å². The molecule has 20 heavy (non-hydrogen) atoms. The molecular formula is C13H20N4O3. The molecule has 1 aliphatic rings. The Hall–Kier alpha value is -1.92. The van der Waals surface area contributed by atoms with Gasteiger partial charge in [-0.15, -0.1) is 0 Å². The van der Waals surface area contributed by atoms with Gasteiger partial charge in [0.25, 0.3) is 0 Å². The predicted molar refractivity (Wildman–Crippen MR) is 70.8 cm³/mol. The summed E-state index contributed by atoms with van der Waals surface area (Å²) in [5.74, 6) is 0.952.